The highest BCUT2D eigenvalue weighted by Gasteiger charge is 2.05. The number of aliphatic hydroxyl groups is 1. The van der Waals surface area contributed by atoms with Crippen LogP contribution in [0.5, 0.6) is 0 Å². The van der Waals surface area contributed by atoms with Crippen molar-refractivity contribution in [3.63, 3.8) is 0 Å². The molecule has 0 heterocycles. The SMILES string of the molecule is CC(O)CNC(=O)c1ccc(CN)cc1.Cl. The van der Waals surface area contributed by atoms with E-state index in [1.165, 1.54) is 0 Å². The Morgan fingerprint density at radius 2 is 2.00 bits per heavy atom. The molecule has 0 spiro atoms. The molecule has 0 aromatic heterocycles. The van der Waals surface area contributed by atoms with Crippen LogP contribution < -0.4 is 11.1 Å². The molecule has 1 aromatic carbocycles. The van der Waals surface area contributed by atoms with E-state index in [4.69, 9.17) is 10.8 Å². The quantitative estimate of drug-likeness (QED) is 0.729. The first-order chi connectivity index (χ1) is 7.13. The molecule has 0 saturated heterocycles. The first-order valence-electron chi connectivity index (χ1n) is 4.88. The summed E-state index contributed by atoms with van der Waals surface area (Å²) in [5.41, 5.74) is 7.01. The molecule has 1 unspecified atom stereocenters. The summed E-state index contributed by atoms with van der Waals surface area (Å²) in [5, 5.41) is 11.6. The number of benzene rings is 1. The number of nitrogens with two attached hydrogens (primary N) is 1. The number of aliphatic hydroxyl groups excluding tert-OH is 1. The van der Waals surface area contributed by atoms with Crippen molar-refractivity contribution in [3.8, 4) is 0 Å². The van der Waals surface area contributed by atoms with E-state index < -0.39 is 6.10 Å². The Morgan fingerprint density at radius 3 is 2.44 bits per heavy atom. The van der Waals surface area contributed by atoms with Gasteiger partial charge in [0.2, 0.25) is 0 Å². The van der Waals surface area contributed by atoms with Crippen molar-refractivity contribution >= 4 is 18.3 Å². The predicted molar refractivity (Wildman–Crippen MR) is 65.6 cm³/mol. The highest BCUT2D eigenvalue weighted by molar-refractivity contribution is 5.94. The van der Waals surface area contributed by atoms with Gasteiger partial charge in [-0.05, 0) is 24.6 Å². The summed E-state index contributed by atoms with van der Waals surface area (Å²) in [6, 6.07) is 7.08. The molecule has 1 atom stereocenters. The number of carbonyl (C=O) groups is 1. The van der Waals surface area contributed by atoms with Gasteiger partial charge in [0.05, 0.1) is 6.10 Å². The van der Waals surface area contributed by atoms with Gasteiger partial charge in [0.25, 0.3) is 5.91 Å². The number of amides is 1. The Kier molecular flexibility index (Phi) is 6.72. The van der Waals surface area contributed by atoms with Crippen molar-refractivity contribution in [3.05, 3.63) is 35.4 Å². The first kappa shape index (κ1) is 14.9. The van der Waals surface area contributed by atoms with Crippen LogP contribution in [0.2, 0.25) is 0 Å². The third-order valence-electron chi connectivity index (χ3n) is 2.01. The Bertz CT molecular complexity index is 325. The zero-order valence-electron chi connectivity index (χ0n) is 9.14. The Labute approximate surface area is 101 Å². The average molecular weight is 245 g/mol. The lowest BCUT2D eigenvalue weighted by atomic mass is 10.1. The zero-order chi connectivity index (χ0) is 11.3. The van der Waals surface area contributed by atoms with Crippen LogP contribution in [0.1, 0.15) is 22.8 Å². The highest BCUT2D eigenvalue weighted by atomic mass is 35.5. The summed E-state index contributed by atoms with van der Waals surface area (Å²) in [4.78, 5) is 11.5. The van der Waals surface area contributed by atoms with Crippen LogP contribution >= 0.6 is 12.4 Å². The Balaban J connectivity index is 0.00000225. The molecule has 5 heteroatoms. The number of halogens is 1. The van der Waals surface area contributed by atoms with Crippen LogP contribution in [0.25, 0.3) is 0 Å². The van der Waals surface area contributed by atoms with E-state index in [1.807, 2.05) is 12.1 Å². The van der Waals surface area contributed by atoms with E-state index in [-0.39, 0.29) is 24.9 Å². The van der Waals surface area contributed by atoms with E-state index in [2.05, 4.69) is 5.32 Å². The second kappa shape index (κ2) is 7.22. The molecule has 0 aliphatic rings. The lowest BCUT2D eigenvalue weighted by Gasteiger charge is -2.07. The number of hydrogen-bond donors (Lipinski definition) is 3. The molecule has 0 radical (unpaired) electrons. The highest BCUT2D eigenvalue weighted by Crippen LogP contribution is 2.03. The van der Waals surface area contributed by atoms with E-state index in [1.54, 1.807) is 19.1 Å². The minimum absolute atomic E-state index is 0. The molecule has 0 fully saturated rings. The molecule has 4 nitrogen and oxygen atoms in total. The monoisotopic (exact) mass is 244 g/mol. The molecule has 0 aliphatic heterocycles. The van der Waals surface area contributed by atoms with Gasteiger partial charge in [-0.15, -0.1) is 12.4 Å². The van der Waals surface area contributed by atoms with Crippen molar-refractivity contribution in [1.29, 1.82) is 0 Å². The van der Waals surface area contributed by atoms with Gasteiger partial charge in [0.15, 0.2) is 0 Å². The number of hydrogen-bond acceptors (Lipinski definition) is 3. The van der Waals surface area contributed by atoms with Crippen molar-refractivity contribution < 1.29 is 9.90 Å². The summed E-state index contributed by atoms with van der Waals surface area (Å²) >= 11 is 0. The third-order valence-corrected chi connectivity index (χ3v) is 2.01. The van der Waals surface area contributed by atoms with Gasteiger partial charge in [-0.3, -0.25) is 4.79 Å². The summed E-state index contributed by atoms with van der Waals surface area (Å²) in [6.45, 7) is 2.35. The Hall–Kier alpha value is -1.10. The maximum atomic E-state index is 11.5. The number of carbonyl (C=O) groups excluding carboxylic acids is 1. The fourth-order valence-electron chi connectivity index (χ4n) is 1.13. The maximum absolute atomic E-state index is 11.5. The molecule has 0 saturated carbocycles. The number of rotatable bonds is 4. The fourth-order valence-corrected chi connectivity index (χ4v) is 1.13. The van der Waals surface area contributed by atoms with Crippen LogP contribution in [0.15, 0.2) is 24.3 Å². The van der Waals surface area contributed by atoms with E-state index in [9.17, 15) is 4.79 Å². The van der Waals surface area contributed by atoms with Gasteiger partial charge in [0, 0.05) is 18.7 Å². The molecule has 1 aromatic rings. The summed E-state index contributed by atoms with van der Waals surface area (Å²) in [7, 11) is 0. The Morgan fingerprint density at radius 1 is 1.44 bits per heavy atom. The minimum atomic E-state index is -0.530. The van der Waals surface area contributed by atoms with Crippen LogP contribution in [-0.2, 0) is 6.54 Å². The van der Waals surface area contributed by atoms with Crippen molar-refractivity contribution in [2.45, 2.75) is 19.6 Å². The summed E-state index contributed by atoms with van der Waals surface area (Å²) in [6.07, 6.45) is -0.530. The topological polar surface area (TPSA) is 75.3 Å². The van der Waals surface area contributed by atoms with Crippen molar-refractivity contribution in [2.24, 2.45) is 5.73 Å². The van der Waals surface area contributed by atoms with Crippen molar-refractivity contribution in [1.82, 2.24) is 5.32 Å². The fraction of sp³-hybridized carbons (Fsp3) is 0.364. The van der Waals surface area contributed by atoms with Gasteiger partial charge in [-0.2, -0.15) is 0 Å². The van der Waals surface area contributed by atoms with Gasteiger partial charge in [0.1, 0.15) is 0 Å². The summed E-state index contributed by atoms with van der Waals surface area (Å²) in [5.74, 6) is -0.181. The standard InChI is InChI=1S/C11H16N2O2.ClH/c1-8(14)7-13-11(15)10-4-2-9(6-12)3-5-10;/h2-5,8,14H,6-7,12H2,1H3,(H,13,15);1H. The normalized spacial score (nSPS) is 11.4. The van der Waals surface area contributed by atoms with Crippen LogP contribution in [0.3, 0.4) is 0 Å². The molecule has 1 rings (SSSR count). The maximum Gasteiger partial charge on any atom is 0.251 e. The van der Waals surface area contributed by atoms with E-state index >= 15 is 0 Å². The molecule has 0 bridgehead atoms. The lowest BCUT2D eigenvalue weighted by Crippen LogP contribution is -2.30. The molecule has 4 N–H and O–H groups in total. The van der Waals surface area contributed by atoms with Crippen LogP contribution in [0, 0.1) is 0 Å². The average Bonchev–Trinajstić information content (AvgIpc) is 2.26. The van der Waals surface area contributed by atoms with E-state index in [0.717, 1.165) is 5.56 Å². The third kappa shape index (κ3) is 4.61. The lowest BCUT2D eigenvalue weighted by molar-refractivity contribution is 0.0924. The predicted octanol–water partition coefficient (Wildman–Crippen LogP) is 0.678. The van der Waals surface area contributed by atoms with Gasteiger partial charge < -0.3 is 16.2 Å². The summed E-state index contributed by atoms with van der Waals surface area (Å²) < 4.78 is 0. The second-order valence-electron chi connectivity index (χ2n) is 3.46. The van der Waals surface area contributed by atoms with Crippen LogP contribution in [-0.4, -0.2) is 23.7 Å². The van der Waals surface area contributed by atoms with Crippen molar-refractivity contribution in [2.75, 3.05) is 6.54 Å². The van der Waals surface area contributed by atoms with Crippen LogP contribution in [0.4, 0.5) is 0 Å². The molecule has 1 amide bonds. The largest absolute Gasteiger partial charge is 0.392 e. The van der Waals surface area contributed by atoms with Gasteiger partial charge >= 0.3 is 0 Å². The molecule has 16 heavy (non-hydrogen) atoms. The van der Waals surface area contributed by atoms with E-state index in [0.29, 0.717) is 12.1 Å². The zero-order valence-corrected chi connectivity index (χ0v) is 9.96. The minimum Gasteiger partial charge on any atom is -0.392 e. The molecule has 0 aliphatic carbocycles. The molecule has 90 valence electrons. The molecular weight excluding hydrogens is 228 g/mol. The van der Waals surface area contributed by atoms with Gasteiger partial charge in [-0.25, -0.2) is 0 Å². The first-order valence-corrected chi connectivity index (χ1v) is 4.88. The number of nitrogens with one attached hydrogen (secondary N) is 1. The second-order valence-corrected chi connectivity index (χ2v) is 3.46. The van der Waals surface area contributed by atoms with Gasteiger partial charge in [-0.1, -0.05) is 12.1 Å². The molecular formula is C11H17ClN2O2. The smallest absolute Gasteiger partial charge is 0.251 e.